The van der Waals surface area contributed by atoms with Crippen LogP contribution in [0.2, 0.25) is 0 Å². The van der Waals surface area contributed by atoms with Crippen molar-refractivity contribution in [2.24, 2.45) is 0 Å². The molecule has 2 rings (SSSR count). The van der Waals surface area contributed by atoms with Gasteiger partial charge in [0, 0.05) is 5.56 Å². The number of sulfone groups is 1. The SMILES string of the molecule is O=S(=O)(c1ccccc1)C(F)c1cccc(F)c1. The zero-order valence-corrected chi connectivity index (χ0v) is 10.1. The maximum atomic E-state index is 14.0. The lowest BCUT2D eigenvalue weighted by Crippen LogP contribution is -2.09. The van der Waals surface area contributed by atoms with Crippen LogP contribution < -0.4 is 0 Å². The van der Waals surface area contributed by atoms with Gasteiger partial charge in [-0.3, -0.25) is 0 Å². The van der Waals surface area contributed by atoms with E-state index in [0.717, 1.165) is 12.1 Å². The highest BCUT2D eigenvalue weighted by Gasteiger charge is 2.28. The highest BCUT2D eigenvalue weighted by atomic mass is 32.2. The number of hydrogen-bond acceptors (Lipinski definition) is 2. The highest BCUT2D eigenvalue weighted by Crippen LogP contribution is 2.30. The third-order valence-corrected chi connectivity index (χ3v) is 4.20. The molecule has 0 fully saturated rings. The van der Waals surface area contributed by atoms with Gasteiger partial charge in [0.25, 0.3) is 0 Å². The average Bonchev–Trinajstić information content (AvgIpc) is 2.39. The number of halogens is 2. The number of benzene rings is 2. The van der Waals surface area contributed by atoms with E-state index in [2.05, 4.69) is 0 Å². The smallest absolute Gasteiger partial charge is 0.224 e. The van der Waals surface area contributed by atoms with Gasteiger partial charge in [0.15, 0.2) is 0 Å². The molecule has 0 spiro atoms. The standard InChI is InChI=1S/C13H10F2O2S/c14-11-6-4-5-10(9-11)13(15)18(16,17)12-7-2-1-3-8-12/h1-9,13H. The summed E-state index contributed by atoms with van der Waals surface area (Å²) in [5, 5.41) is 0. The van der Waals surface area contributed by atoms with Crippen molar-refractivity contribution >= 4 is 9.84 Å². The molecule has 0 amide bonds. The van der Waals surface area contributed by atoms with Crippen LogP contribution in [-0.4, -0.2) is 8.42 Å². The molecule has 1 unspecified atom stereocenters. The van der Waals surface area contributed by atoms with Crippen molar-refractivity contribution in [3.63, 3.8) is 0 Å². The fourth-order valence-electron chi connectivity index (χ4n) is 1.56. The predicted molar refractivity (Wildman–Crippen MR) is 63.9 cm³/mol. The Bertz CT molecular complexity index is 639. The maximum Gasteiger partial charge on any atom is 0.230 e. The van der Waals surface area contributed by atoms with Gasteiger partial charge >= 0.3 is 0 Å². The van der Waals surface area contributed by atoms with E-state index in [1.807, 2.05) is 0 Å². The summed E-state index contributed by atoms with van der Waals surface area (Å²) in [7, 11) is -4.14. The summed E-state index contributed by atoms with van der Waals surface area (Å²) in [6.45, 7) is 0. The fraction of sp³-hybridized carbons (Fsp3) is 0.0769. The highest BCUT2D eigenvalue weighted by molar-refractivity contribution is 7.91. The van der Waals surface area contributed by atoms with Crippen molar-refractivity contribution in [3.8, 4) is 0 Å². The predicted octanol–water partition coefficient (Wildman–Crippen LogP) is 3.27. The lowest BCUT2D eigenvalue weighted by Gasteiger charge is -2.10. The first-order valence-electron chi connectivity index (χ1n) is 5.20. The van der Waals surface area contributed by atoms with Crippen molar-refractivity contribution < 1.29 is 17.2 Å². The van der Waals surface area contributed by atoms with Gasteiger partial charge in [-0.15, -0.1) is 0 Å². The Morgan fingerprint density at radius 1 is 0.944 bits per heavy atom. The first kappa shape index (κ1) is 12.7. The molecule has 2 nitrogen and oxygen atoms in total. The zero-order chi connectivity index (χ0) is 13.2. The van der Waals surface area contributed by atoms with Crippen molar-refractivity contribution in [2.75, 3.05) is 0 Å². The maximum absolute atomic E-state index is 14.0. The molecule has 0 bridgehead atoms. The lowest BCUT2D eigenvalue weighted by atomic mass is 10.2. The molecule has 0 radical (unpaired) electrons. The number of rotatable bonds is 3. The van der Waals surface area contributed by atoms with Crippen molar-refractivity contribution in [1.82, 2.24) is 0 Å². The molecule has 1 atom stereocenters. The summed E-state index contributed by atoms with van der Waals surface area (Å²) < 4.78 is 50.9. The quantitative estimate of drug-likeness (QED) is 0.856. The van der Waals surface area contributed by atoms with E-state index in [9.17, 15) is 17.2 Å². The van der Waals surface area contributed by atoms with Crippen LogP contribution in [0.4, 0.5) is 8.78 Å². The minimum absolute atomic E-state index is 0.123. The molecule has 0 aromatic heterocycles. The molecule has 0 saturated heterocycles. The van der Waals surface area contributed by atoms with E-state index >= 15 is 0 Å². The van der Waals surface area contributed by atoms with Crippen LogP contribution >= 0.6 is 0 Å². The minimum Gasteiger partial charge on any atom is -0.224 e. The summed E-state index contributed by atoms with van der Waals surface area (Å²) in [6, 6.07) is 11.8. The van der Waals surface area contributed by atoms with E-state index in [0.29, 0.717) is 0 Å². The molecular weight excluding hydrogens is 258 g/mol. The zero-order valence-electron chi connectivity index (χ0n) is 9.25. The summed E-state index contributed by atoms with van der Waals surface area (Å²) in [6.07, 6.45) is 0. The molecule has 94 valence electrons. The largest absolute Gasteiger partial charge is 0.230 e. The molecule has 18 heavy (non-hydrogen) atoms. The topological polar surface area (TPSA) is 34.1 Å². The normalized spacial score (nSPS) is 13.2. The van der Waals surface area contributed by atoms with E-state index < -0.39 is 21.2 Å². The Morgan fingerprint density at radius 3 is 2.22 bits per heavy atom. The first-order valence-corrected chi connectivity index (χ1v) is 6.75. The Balaban J connectivity index is 2.43. The summed E-state index contributed by atoms with van der Waals surface area (Å²) in [5.74, 6) is -0.668. The van der Waals surface area contributed by atoms with Crippen LogP contribution in [0.25, 0.3) is 0 Å². The Hall–Kier alpha value is -1.75. The van der Waals surface area contributed by atoms with Gasteiger partial charge < -0.3 is 0 Å². The molecule has 0 aliphatic heterocycles. The van der Waals surface area contributed by atoms with Crippen LogP contribution in [0.15, 0.2) is 59.5 Å². The fourth-order valence-corrected chi connectivity index (χ4v) is 2.84. The van der Waals surface area contributed by atoms with Crippen LogP contribution in [0, 0.1) is 5.82 Å². The van der Waals surface area contributed by atoms with Gasteiger partial charge in [0.1, 0.15) is 5.82 Å². The second-order valence-electron chi connectivity index (χ2n) is 3.73. The molecule has 5 heteroatoms. The molecular formula is C13H10F2O2S. The lowest BCUT2D eigenvalue weighted by molar-refractivity contribution is 0.429. The van der Waals surface area contributed by atoms with Crippen molar-refractivity contribution in [3.05, 3.63) is 66.0 Å². The van der Waals surface area contributed by atoms with Gasteiger partial charge in [0.2, 0.25) is 15.3 Å². The molecule has 2 aromatic carbocycles. The first-order chi connectivity index (χ1) is 8.51. The Kier molecular flexibility index (Phi) is 3.43. The van der Waals surface area contributed by atoms with Crippen LogP contribution in [-0.2, 0) is 9.84 Å². The van der Waals surface area contributed by atoms with Gasteiger partial charge in [-0.25, -0.2) is 17.2 Å². The van der Waals surface area contributed by atoms with Crippen LogP contribution in [0.5, 0.6) is 0 Å². The number of alkyl halides is 1. The van der Waals surface area contributed by atoms with E-state index in [1.54, 1.807) is 6.07 Å². The molecule has 2 aromatic rings. The van der Waals surface area contributed by atoms with Crippen LogP contribution in [0.1, 0.15) is 11.1 Å². The Labute approximate surface area is 104 Å². The summed E-state index contributed by atoms with van der Waals surface area (Å²) >= 11 is 0. The van der Waals surface area contributed by atoms with E-state index in [-0.39, 0.29) is 10.5 Å². The average molecular weight is 268 g/mol. The van der Waals surface area contributed by atoms with Gasteiger partial charge in [-0.2, -0.15) is 0 Å². The molecule has 0 aliphatic carbocycles. The van der Waals surface area contributed by atoms with Gasteiger partial charge in [-0.1, -0.05) is 30.3 Å². The van der Waals surface area contributed by atoms with Crippen molar-refractivity contribution in [1.29, 1.82) is 0 Å². The van der Waals surface area contributed by atoms with Gasteiger partial charge in [-0.05, 0) is 24.3 Å². The second kappa shape index (κ2) is 4.86. The molecule has 0 aliphatic rings. The third kappa shape index (κ3) is 2.41. The van der Waals surface area contributed by atoms with Crippen molar-refractivity contribution in [2.45, 2.75) is 10.4 Å². The molecule has 0 heterocycles. The number of hydrogen-bond donors (Lipinski definition) is 0. The van der Waals surface area contributed by atoms with Gasteiger partial charge in [0.05, 0.1) is 4.90 Å². The van der Waals surface area contributed by atoms with E-state index in [4.69, 9.17) is 0 Å². The van der Waals surface area contributed by atoms with Crippen LogP contribution in [0.3, 0.4) is 0 Å². The molecule has 0 N–H and O–H groups in total. The third-order valence-electron chi connectivity index (χ3n) is 2.45. The summed E-state index contributed by atoms with van der Waals surface area (Å²) in [4.78, 5) is -0.123. The minimum atomic E-state index is -4.14. The summed E-state index contributed by atoms with van der Waals surface area (Å²) in [5.41, 5.74) is -2.48. The van der Waals surface area contributed by atoms with E-state index in [1.165, 1.54) is 36.4 Å². The Morgan fingerprint density at radius 2 is 1.61 bits per heavy atom. The molecule has 0 saturated carbocycles. The monoisotopic (exact) mass is 268 g/mol. The second-order valence-corrected chi connectivity index (χ2v) is 5.70.